The molecule has 0 N–H and O–H groups in total. The fourth-order valence-electron chi connectivity index (χ4n) is 1.74. The second-order valence-corrected chi connectivity index (χ2v) is 6.19. The van der Waals surface area contributed by atoms with Crippen LogP contribution in [0.15, 0.2) is 47.4 Å². The summed E-state index contributed by atoms with van der Waals surface area (Å²) in [7, 11) is -4.28. The van der Waals surface area contributed by atoms with E-state index in [0.717, 1.165) is 24.3 Å². The van der Waals surface area contributed by atoms with Gasteiger partial charge in [0, 0.05) is 0 Å². The Morgan fingerprint density at radius 3 is 2.29 bits per heavy atom. The zero-order chi connectivity index (χ0) is 15.6. The molecule has 0 amide bonds. The van der Waals surface area contributed by atoms with Crippen LogP contribution in [0.4, 0.5) is 13.2 Å². The van der Waals surface area contributed by atoms with Crippen LogP contribution in [-0.4, -0.2) is 20.0 Å². The molecule has 0 bridgehead atoms. The number of carbonyl (C=O) groups excluding carboxylic acids is 1. The highest BCUT2D eigenvalue weighted by atomic mass is 32.2. The molecular weight excluding hydrogens is 305 g/mol. The number of carbonyl (C=O) groups is 1. The molecule has 0 atom stereocenters. The number of sulfone groups is 1. The van der Waals surface area contributed by atoms with E-state index in [1.807, 2.05) is 0 Å². The molecule has 0 saturated carbocycles. The summed E-state index contributed by atoms with van der Waals surface area (Å²) in [5.74, 6) is -5.21. The fraction of sp³-hybridized carbons (Fsp3) is 0.0714. The summed E-state index contributed by atoms with van der Waals surface area (Å²) < 4.78 is 63.8. The smallest absolute Gasteiger partial charge is 0.188 e. The van der Waals surface area contributed by atoms with Gasteiger partial charge in [-0.1, -0.05) is 12.1 Å². The van der Waals surface area contributed by atoms with Crippen molar-refractivity contribution in [2.75, 3.05) is 5.75 Å². The van der Waals surface area contributed by atoms with Crippen LogP contribution in [0.2, 0.25) is 0 Å². The van der Waals surface area contributed by atoms with E-state index in [1.165, 1.54) is 12.1 Å². The number of hydrogen-bond acceptors (Lipinski definition) is 3. The summed E-state index contributed by atoms with van der Waals surface area (Å²) in [6, 6.07) is 6.65. The van der Waals surface area contributed by atoms with E-state index in [2.05, 4.69) is 0 Å². The second kappa shape index (κ2) is 5.69. The Hall–Kier alpha value is -2.15. The highest BCUT2D eigenvalue weighted by Crippen LogP contribution is 2.18. The van der Waals surface area contributed by atoms with Crippen LogP contribution in [-0.2, 0) is 9.84 Å². The van der Waals surface area contributed by atoms with Crippen molar-refractivity contribution in [3.8, 4) is 0 Å². The molecule has 0 aliphatic carbocycles. The van der Waals surface area contributed by atoms with Gasteiger partial charge in [-0.05, 0) is 30.3 Å². The molecule has 3 nitrogen and oxygen atoms in total. The lowest BCUT2D eigenvalue weighted by Gasteiger charge is -2.06. The third kappa shape index (κ3) is 3.30. The second-order valence-electron chi connectivity index (χ2n) is 4.24. The Bertz CT molecular complexity index is 801. The summed E-state index contributed by atoms with van der Waals surface area (Å²) in [5, 5.41) is 0. The van der Waals surface area contributed by atoms with E-state index in [-0.39, 0.29) is 0 Å². The Balaban J connectivity index is 2.35. The largest absolute Gasteiger partial charge is 0.293 e. The monoisotopic (exact) mass is 314 g/mol. The zero-order valence-electron chi connectivity index (χ0n) is 10.5. The van der Waals surface area contributed by atoms with Gasteiger partial charge in [-0.2, -0.15) is 0 Å². The molecule has 110 valence electrons. The SMILES string of the molecule is O=C(CS(=O)(=O)c1ccccc1F)c1cc(F)ccc1F. The Kier molecular flexibility index (Phi) is 4.13. The van der Waals surface area contributed by atoms with Gasteiger partial charge in [0.2, 0.25) is 0 Å². The minimum atomic E-state index is -4.28. The minimum absolute atomic E-state index is 0.606. The first-order chi connectivity index (χ1) is 9.81. The normalized spacial score (nSPS) is 11.4. The number of halogens is 3. The molecule has 7 heteroatoms. The molecule has 0 aromatic heterocycles. The van der Waals surface area contributed by atoms with Gasteiger partial charge in [-0.25, -0.2) is 21.6 Å². The first kappa shape index (κ1) is 15.2. The van der Waals surface area contributed by atoms with Crippen molar-refractivity contribution >= 4 is 15.6 Å². The Labute approximate surface area is 119 Å². The number of Topliss-reactive ketones (excluding diaryl/α,β-unsaturated/α-hetero) is 1. The van der Waals surface area contributed by atoms with E-state index in [1.54, 1.807) is 0 Å². The predicted octanol–water partition coefficient (Wildman–Crippen LogP) is 2.76. The highest BCUT2D eigenvalue weighted by molar-refractivity contribution is 7.92. The quantitative estimate of drug-likeness (QED) is 0.815. The van der Waals surface area contributed by atoms with Crippen molar-refractivity contribution in [3.05, 3.63) is 65.5 Å². The molecule has 2 aromatic rings. The van der Waals surface area contributed by atoms with Crippen LogP contribution in [0.3, 0.4) is 0 Å². The third-order valence-corrected chi connectivity index (χ3v) is 4.37. The molecule has 0 fully saturated rings. The van der Waals surface area contributed by atoms with Gasteiger partial charge >= 0.3 is 0 Å². The maximum absolute atomic E-state index is 13.5. The van der Waals surface area contributed by atoms with Gasteiger partial charge < -0.3 is 0 Å². The van der Waals surface area contributed by atoms with Crippen molar-refractivity contribution < 1.29 is 26.4 Å². The topological polar surface area (TPSA) is 51.2 Å². The number of rotatable bonds is 4. The fourth-order valence-corrected chi connectivity index (χ4v) is 3.04. The van der Waals surface area contributed by atoms with E-state index in [9.17, 15) is 26.4 Å². The summed E-state index contributed by atoms with van der Waals surface area (Å²) in [6.07, 6.45) is 0. The zero-order valence-corrected chi connectivity index (χ0v) is 11.3. The third-order valence-electron chi connectivity index (χ3n) is 2.72. The van der Waals surface area contributed by atoms with Gasteiger partial charge in [0.05, 0.1) is 5.56 Å². The van der Waals surface area contributed by atoms with Crippen molar-refractivity contribution in [1.82, 2.24) is 0 Å². The Morgan fingerprint density at radius 1 is 0.952 bits per heavy atom. The molecule has 21 heavy (non-hydrogen) atoms. The molecule has 2 rings (SSSR count). The maximum atomic E-state index is 13.5. The molecule has 0 aliphatic heterocycles. The van der Waals surface area contributed by atoms with Gasteiger partial charge in [0.1, 0.15) is 28.1 Å². The lowest BCUT2D eigenvalue weighted by molar-refractivity contribution is 0.101. The lowest BCUT2D eigenvalue weighted by atomic mass is 10.1. The van der Waals surface area contributed by atoms with Crippen LogP contribution in [0.1, 0.15) is 10.4 Å². The molecule has 0 unspecified atom stereocenters. The molecule has 2 aromatic carbocycles. The van der Waals surface area contributed by atoms with Crippen LogP contribution >= 0.6 is 0 Å². The van der Waals surface area contributed by atoms with Crippen molar-refractivity contribution in [2.45, 2.75) is 4.90 Å². The van der Waals surface area contributed by atoms with Crippen LogP contribution in [0.5, 0.6) is 0 Å². The van der Waals surface area contributed by atoms with E-state index >= 15 is 0 Å². The summed E-state index contributed by atoms with van der Waals surface area (Å²) in [5.41, 5.74) is -0.685. The number of hydrogen-bond donors (Lipinski definition) is 0. The first-order valence-corrected chi connectivity index (χ1v) is 7.42. The number of ketones is 1. The molecular formula is C14H9F3O3S. The number of benzene rings is 2. The van der Waals surface area contributed by atoms with E-state index in [0.29, 0.717) is 6.07 Å². The van der Waals surface area contributed by atoms with Gasteiger partial charge in [0.15, 0.2) is 15.6 Å². The molecule has 0 heterocycles. The van der Waals surface area contributed by atoms with Crippen LogP contribution in [0.25, 0.3) is 0 Å². The minimum Gasteiger partial charge on any atom is -0.293 e. The summed E-state index contributed by atoms with van der Waals surface area (Å²) in [4.78, 5) is 11.2. The summed E-state index contributed by atoms with van der Waals surface area (Å²) >= 11 is 0. The predicted molar refractivity (Wildman–Crippen MR) is 69.1 cm³/mol. The van der Waals surface area contributed by atoms with Crippen molar-refractivity contribution in [3.63, 3.8) is 0 Å². The van der Waals surface area contributed by atoms with Gasteiger partial charge in [-0.3, -0.25) is 4.79 Å². The molecule has 0 spiro atoms. The van der Waals surface area contributed by atoms with Crippen molar-refractivity contribution in [2.24, 2.45) is 0 Å². The van der Waals surface area contributed by atoms with E-state index in [4.69, 9.17) is 0 Å². The maximum Gasteiger partial charge on any atom is 0.188 e. The van der Waals surface area contributed by atoms with Gasteiger partial charge in [-0.15, -0.1) is 0 Å². The molecule has 0 saturated heterocycles. The molecule has 0 radical (unpaired) electrons. The average Bonchev–Trinajstić information content (AvgIpc) is 2.41. The van der Waals surface area contributed by atoms with E-state index < -0.39 is 49.3 Å². The van der Waals surface area contributed by atoms with Crippen LogP contribution in [0, 0.1) is 17.5 Å². The lowest BCUT2D eigenvalue weighted by Crippen LogP contribution is -2.18. The standard InChI is InChI=1S/C14H9F3O3S/c15-9-5-6-11(16)10(7-9)13(18)8-21(19,20)14-4-2-1-3-12(14)17/h1-7H,8H2. The molecule has 0 aliphatic rings. The van der Waals surface area contributed by atoms with Crippen LogP contribution < -0.4 is 0 Å². The Morgan fingerprint density at radius 2 is 1.62 bits per heavy atom. The average molecular weight is 314 g/mol. The van der Waals surface area contributed by atoms with Crippen molar-refractivity contribution in [1.29, 1.82) is 0 Å². The highest BCUT2D eigenvalue weighted by Gasteiger charge is 2.25. The van der Waals surface area contributed by atoms with Gasteiger partial charge in [0.25, 0.3) is 0 Å². The first-order valence-electron chi connectivity index (χ1n) is 5.77. The summed E-state index contributed by atoms with van der Waals surface area (Å²) in [6.45, 7) is 0.